The number of amides is 2. The largest absolute Gasteiger partial charge is 0.497 e. The Balaban J connectivity index is 1.66. The summed E-state index contributed by atoms with van der Waals surface area (Å²) in [6.07, 6.45) is 3.29. The molecule has 0 unspecified atom stereocenters. The standard InChI is InChI=1S/C19H22N4O3/c1-14(24)22-7-9-23(10-8-22)17-11-15(12-20-13-17)19(25)21-16-3-5-18(26-2)6-4-16/h3-6,11-13H,7-10H2,1-2H3,(H,21,25). The number of nitrogens with zero attached hydrogens (tertiary/aromatic N) is 3. The first-order valence-corrected chi connectivity index (χ1v) is 8.48. The number of carbonyl (C=O) groups excluding carboxylic acids is 2. The number of hydrogen-bond acceptors (Lipinski definition) is 5. The fraction of sp³-hybridized carbons (Fsp3) is 0.316. The second kappa shape index (κ2) is 7.86. The number of nitrogens with one attached hydrogen (secondary N) is 1. The molecule has 7 nitrogen and oxygen atoms in total. The number of carbonyl (C=O) groups is 2. The molecule has 1 saturated heterocycles. The van der Waals surface area contributed by atoms with Gasteiger partial charge in [-0.3, -0.25) is 14.6 Å². The first-order valence-electron chi connectivity index (χ1n) is 8.48. The van der Waals surface area contributed by atoms with Gasteiger partial charge in [-0.05, 0) is 30.3 Å². The maximum atomic E-state index is 12.5. The molecule has 0 atom stereocenters. The van der Waals surface area contributed by atoms with Crippen molar-refractivity contribution >= 4 is 23.2 Å². The summed E-state index contributed by atoms with van der Waals surface area (Å²) in [6.45, 7) is 4.40. The molecule has 1 N–H and O–H groups in total. The van der Waals surface area contributed by atoms with E-state index in [1.54, 1.807) is 50.7 Å². The van der Waals surface area contributed by atoms with Gasteiger partial charge in [0.05, 0.1) is 24.6 Å². The van der Waals surface area contributed by atoms with E-state index < -0.39 is 0 Å². The molecule has 1 fully saturated rings. The third-order valence-corrected chi connectivity index (χ3v) is 4.42. The average molecular weight is 354 g/mol. The molecule has 0 aliphatic carbocycles. The molecule has 0 bridgehead atoms. The van der Waals surface area contributed by atoms with Crippen LogP contribution < -0.4 is 15.0 Å². The molecule has 26 heavy (non-hydrogen) atoms. The number of piperazine rings is 1. The van der Waals surface area contributed by atoms with Crippen molar-refractivity contribution in [2.75, 3.05) is 43.5 Å². The van der Waals surface area contributed by atoms with Crippen molar-refractivity contribution in [2.24, 2.45) is 0 Å². The number of anilines is 2. The number of hydrogen-bond donors (Lipinski definition) is 1. The summed E-state index contributed by atoms with van der Waals surface area (Å²) in [4.78, 5) is 32.1. The normalized spacial score (nSPS) is 14.1. The summed E-state index contributed by atoms with van der Waals surface area (Å²) in [5, 5.41) is 2.86. The van der Waals surface area contributed by atoms with Crippen LogP contribution in [-0.2, 0) is 4.79 Å². The second-order valence-corrected chi connectivity index (χ2v) is 6.11. The van der Waals surface area contributed by atoms with Gasteiger partial charge in [-0.25, -0.2) is 0 Å². The summed E-state index contributed by atoms with van der Waals surface area (Å²) in [7, 11) is 1.60. The molecule has 2 aromatic rings. The molecule has 136 valence electrons. The van der Waals surface area contributed by atoms with Crippen LogP contribution in [0.1, 0.15) is 17.3 Å². The van der Waals surface area contributed by atoms with Gasteiger partial charge in [0.25, 0.3) is 5.91 Å². The summed E-state index contributed by atoms with van der Waals surface area (Å²) >= 11 is 0. The molecule has 1 aliphatic heterocycles. The monoisotopic (exact) mass is 354 g/mol. The summed E-state index contributed by atoms with van der Waals surface area (Å²) < 4.78 is 5.11. The minimum absolute atomic E-state index is 0.0930. The van der Waals surface area contributed by atoms with Crippen molar-refractivity contribution in [3.8, 4) is 5.75 Å². The summed E-state index contributed by atoms with van der Waals surface area (Å²) in [5.74, 6) is 0.610. The minimum atomic E-state index is -0.216. The van der Waals surface area contributed by atoms with E-state index in [-0.39, 0.29) is 11.8 Å². The van der Waals surface area contributed by atoms with Crippen LogP contribution >= 0.6 is 0 Å². The zero-order valence-electron chi connectivity index (χ0n) is 14.9. The van der Waals surface area contributed by atoms with Crippen LogP contribution in [0, 0.1) is 0 Å². The molecular weight excluding hydrogens is 332 g/mol. The molecular formula is C19H22N4O3. The lowest BCUT2D eigenvalue weighted by molar-refractivity contribution is -0.129. The van der Waals surface area contributed by atoms with E-state index in [4.69, 9.17) is 4.74 Å². The van der Waals surface area contributed by atoms with E-state index in [9.17, 15) is 9.59 Å². The molecule has 1 aliphatic rings. The van der Waals surface area contributed by atoms with Crippen LogP contribution in [0.5, 0.6) is 5.75 Å². The van der Waals surface area contributed by atoms with Crippen LogP contribution in [0.4, 0.5) is 11.4 Å². The molecule has 1 aromatic carbocycles. The fourth-order valence-corrected chi connectivity index (χ4v) is 2.88. The predicted molar refractivity (Wildman–Crippen MR) is 99.7 cm³/mol. The first kappa shape index (κ1) is 17.7. The van der Waals surface area contributed by atoms with E-state index in [0.29, 0.717) is 24.3 Å². The zero-order chi connectivity index (χ0) is 18.5. The molecule has 0 saturated carbocycles. The third kappa shape index (κ3) is 4.11. The van der Waals surface area contributed by atoms with Crippen LogP contribution in [0.15, 0.2) is 42.7 Å². The van der Waals surface area contributed by atoms with Gasteiger partial charge in [0.1, 0.15) is 5.75 Å². The van der Waals surface area contributed by atoms with Crippen molar-refractivity contribution in [1.29, 1.82) is 0 Å². The summed E-state index contributed by atoms with van der Waals surface area (Å²) in [6, 6.07) is 8.98. The molecule has 2 amide bonds. The number of benzene rings is 1. The molecule has 3 rings (SSSR count). The van der Waals surface area contributed by atoms with Crippen molar-refractivity contribution in [2.45, 2.75) is 6.92 Å². The number of ether oxygens (including phenoxy) is 1. The Kier molecular flexibility index (Phi) is 5.36. The van der Waals surface area contributed by atoms with Crippen molar-refractivity contribution < 1.29 is 14.3 Å². The number of rotatable bonds is 4. The lowest BCUT2D eigenvalue weighted by Crippen LogP contribution is -2.48. The van der Waals surface area contributed by atoms with E-state index in [1.807, 2.05) is 11.0 Å². The van der Waals surface area contributed by atoms with Gasteiger partial charge in [0, 0.05) is 45.0 Å². The van der Waals surface area contributed by atoms with Crippen molar-refractivity contribution in [3.63, 3.8) is 0 Å². The molecule has 7 heteroatoms. The van der Waals surface area contributed by atoms with E-state index in [0.717, 1.165) is 24.5 Å². The SMILES string of the molecule is COc1ccc(NC(=O)c2cncc(N3CCN(C(C)=O)CC3)c2)cc1. The maximum Gasteiger partial charge on any atom is 0.257 e. The minimum Gasteiger partial charge on any atom is -0.497 e. The quantitative estimate of drug-likeness (QED) is 0.909. The van der Waals surface area contributed by atoms with Gasteiger partial charge in [-0.15, -0.1) is 0 Å². The highest BCUT2D eigenvalue weighted by Gasteiger charge is 2.19. The lowest BCUT2D eigenvalue weighted by Gasteiger charge is -2.35. The van der Waals surface area contributed by atoms with Gasteiger partial charge in [0.2, 0.25) is 5.91 Å². The summed E-state index contributed by atoms with van der Waals surface area (Å²) in [5.41, 5.74) is 2.07. The Morgan fingerprint density at radius 1 is 1.08 bits per heavy atom. The molecule has 0 spiro atoms. The Hall–Kier alpha value is -3.09. The van der Waals surface area contributed by atoms with Crippen LogP contribution in [0.2, 0.25) is 0 Å². The van der Waals surface area contributed by atoms with Crippen molar-refractivity contribution in [3.05, 3.63) is 48.3 Å². The van der Waals surface area contributed by atoms with Gasteiger partial charge >= 0.3 is 0 Å². The predicted octanol–water partition coefficient (Wildman–Crippen LogP) is 2.01. The van der Waals surface area contributed by atoms with Gasteiger partial charge < -0.3 is 19.9 Å². The van der Waals surface area contributed by atoms with Crippen LogP contribution in [0.25, 0.3) is 0 Å². The van der Waals surface area contributed by atoms with E-state index in [2.05, 4.69) is 15.2 Å². The van der Waals surface area contributed by atoms with Crippen LogP contribution in [-0.4, -0.2) is 55.0 Å². The molecule has 1 aromatic heterocycles. The highest BCUT2D eigenvalue weighted by molar-refractivity contribution is 6.04. The highest BCUT2D eigenvalue weighted by Crippen LogP contribution is 2.19. The fourth-order valence-electron chi connectivity index (χ4n) is 2.88. The lowest BCUT2D eigenvalue weighted by atomic mass is 10.2. The van der Waals surface area contributed by atoms with Crippen molar-refractivity contribution in [1.82, 2.24) is 9.88 Å². The van der Waals surface area contributed by atoms with Gasteiger partial charge in [0.15, 0.2) is 0 Å². The Bertz CT molecular complexity index is 784. The van der Waals surface area contributed by atoms with E-state index >= 15 is 0 Å². The average Bonchev–Trinajstić information content (AvgIpc) is 2.68. The molecule has 2 heterocycles. The van der Waals surface area contributed by atoms with Crippen LogP contribution in [0.3, 0.4) is 0 Å². The van der Waals surface area contributed by atoms with Gasteiger partial charge in [-0.1, -0.05) is 0 Å². The number of pyridine rings is 1. The smallest absolute Gasteiger partial charge is 0.257 e. The Morgan fingerprint density at radius 2 is 1.77 bits per heavy atom. The number of methoxy groups -OCH3 is 1. The topological polar surface area (TPSA) is 74.8 Å². The van der Waals surface area contributed by atoms with Gasteiger partial charge in [-0.2, -0.15) is 0 Å². The third-order valence-electron chi connectivity index (χ3n) is 4.42. The maximum absolute atomic E-state index is 12.5. The Morgan fingerprint density at radius 3 is 2.38 bits per heavy atom. The number of aromatic nitrogens is 1. The zero-order valence-corrected chi connectivity index (χ0v) is 14.9. The molecule has 0 radical (unpaired) electrons. The van der Waals surface area contributed by atoms with E-state index in [1.165, 1.54) is 0 Å². The first-order chi connectivity index (χ1) is 12.6. The second-order valence-electron chi connectivity index (χ2n) is 6.11. The Labute approximate surface area is 152 Å². The highest BCUT2D eigenvalue weighted by atomic mass is 16.5.